The van der Waals surface area contributed by atoms with Crippen molar-refractivity contribution in [3.05, 3.63) is 71.8 Å². The molecule has 188 valence electrons. The smallest absolute Gasteiger partial charge is 0.102 e. The molecule has 5 nitrogen and oxygen atoms in total. The lowest BCUT2D eigenvalue weighted by molar-refractivity contribution is -0.129. The summed E-state index contributed by atoms with van der Waals surface area (Å²) < 4.78 is 19.2. The molecule has 3 rings (SSSR count). The highest BCUT2D eigenvalue weighted by atomic mass is 16.6. The summed E-state index contributed by atoms with van der Waals surface area (Å²) in [6.07, 6.45) is 3.59. The van der Waals surface area contributed by atoms with Crippen LogP contribution in [-0.4, -0.2) is 48.7 Å². The third-order valence-electron chi connectivity index (χ3n) is 7.15. The van der Waals surface area contributed by atoms with E-state index in [1.54, 1.807) is 0 Å². The molecule has 0 spiro atoms. The van der Waals surface area contributed by atoms with Gasteiger partial charge in [-0.15, -0.1) is 0 Å². The molecule has 0 saturated heterocycles. The predicted octanol–water partition coefficient (Wildman–Crippen LogP) is 5.11. The zero-order chi connectivity index (χ0) is 24.4. The van der Waals surface area contributed by atoms with E-state index < -0.39 is 5.60 Å². The lowest BCUT2D eigenvalue weighted by atomic mass is 9.87. The highest BCUT2D eigenvalue weighted by molar-refractivity contribution is 5.15. The Kier molecular flexibility index (Phi) is 10.5. The number of benzene rings is 2. The Hall–Kier alpha value is -1.76. The average molecular weight is 470 g/mol. The number of hydrogen-bond donors (Lipinski definition) is 2. The summed E-state index contributed by atoms with van der Waals surface area (Å²) in [6.45, 7) is 7.53. The summed E-state index contributed by atoms with van der Waals surface area (Å²) in [5, 5.41) is 14.5. The fourth-order valence-electron chi connectivity index (χ4n) is 4.63. The number of hydrogen-bond acceptors (Lipinski definition) is 5. The zero-order valence-electron chi connectivity index (χ0n) is 21.3. The maximum atomic E-state index is 11.1. The van der Waals surface area contributed by atoms with E-state index in [2.05, 4.69) is 43.4 Å². The monoisotopic (exact) mass is 469 g/mol. The number of nitrogens with one attached hydrogen (secondary N) is 1. The first-order valence-electron chi connectivity index (χ1n) is 12.8. The van der Waals surface area contributed by atoms with E-state index >= 15 is 0 Å². The summed E-state index contributed by atoms with van der Waals surface area (Å²) in [7, 11) is 1.95. The van der Waals surface area contributed by atoms with E-state index in [-0.39, 0.29) is 36.9 Å². The van der Waals surface area contributed by atoms with Crippen LogP contribution in [0.15, 0.2) is 60.7 Å². The molecule has 34 heavy (non-hydrogen) atoms. The summed E-state index contributed by atoms with van der Waals surface area (Å²) in [4.78, 5) is 0. The molecule has 1 aliphatic rings. The molecule has 2 unspecified atom stereocenters. The molecule has 0 radical (unpaired) electrons. The van der Waals surface area contributed by atoms with Gasteiger partial charge in [0.1, 0.15) is 6.10 Å². The maximum Gasteiger partial charge on any atom is 0.102 e. The number of aliphatic hydroxyl groups is 1. The summed E-state index contributed by atoms with van der Waals surface area (Å²) in [5.41, 5.74) is 1.40. The van der Waals surface area contributed by atoms with Crippen LogP contribution >= 0.6 is 0 Å². The van der Waals surface area contributed by atoms with Crippen molar-refractivity contribution in [2.24, 2.45) is 5.92 Å². The van der Waals surface area contributed by atoms with Gasteiger partial charge in [-0.3, -0.25) is 0 Å². The van der Waals surface area contributed by atoms with Crippen molar-refractivity contribution in [3.63, 3.8) is 0 Å². The largest absolute Gasteiger partial charge is 0.387 e. The van der Waals surface area contributed by atoms with Gasteiger partial charge < -0.3 is 24.6 Å². The average Bonchev–Trinajstić information content (AvgIpc) is 3.21. The summed E-state index contributed by atoms with van der Waals surface area (Å²) >= 11 is 0. The van der Waals surface area contributed by atoms with Gasteiger partial charge >= 0.3 is 0 Å². The Morgan fingerprint density at radius 3 is 2.03 bits per heavy atom. The molecule has 2 N–H and O–H groups in total. The number of likely N-dealkylation sites (N-methyl/N-ethyl adjacent to an activating group) is 1. The van der Waals surface area contributed by atoms with Gasteiger partial charge in [0, 0.05) is 6.42 Å². The fraction of sp³-hybridized carbons (Fsp3) is 0.586. The highest BCUT2D eigenvalue weighted by Gasteiger charge is 2.46. The molecule has 2 aromatic carbocycles. The Labute approximate surface area is 205 Å². The molecule has 0 aromatic heterocycles. The quantitative estimate of drug-likeness (QED) is 0.403. The minimum Gasteiger partial charge on any atom is -0.387 e. The van der Waals surface area contributed by atoms with Gasteiger partial charge in [-0.25, -0.2) is 0 Å². The van der Waals surface area contributed by atoms with Crippen LogP contribution < -0.4 is 5.32 Å². The lowest BCUT2D eigenvalue weighted by Crippen LogP contribution is -2.48. The molecular weight excluding hydrogens is 426 g/mol. The van der Waals surface area contributed by atoms with Crippen molar-refractivity contribution < 1.29 is 19.3 Å². The Balaban J connectivity index is 1.68. The number of unbranched alkanes of at least 4 members (excludes halogenated alkanes) is 1. The molecule has 2 aromatic rings. The van der Waals surface area contributed by atoms with Crippen molar-refractivity contribution in [3.8, 4) is 0 Å². The topological polar surface area (TPSA) is 60.0 Å². The van der Waals surface area contributed by atoms with E-state index in [0.29, 0.717) is 13.2 Å². The standard InChI is InChI=1S/C29H43NO4/c1-5-6-13-22(2)29(3,31)21-34-28-26(33-20-24-16-11-8-12-17-24)18-25(27(28)30-4)32-19-23-14-9-7-10-15-23/h7-12,14-17,22,25-28,30-31H,5-6,13,18-21H2,1-4H3/t22?,25-,26+,27+,28+,29?/m0/s1. The summed E-state index contributed by atoms with van der Waals surface area (Å²) in [5.74, 6) is 0.163. The third-order valence-corrected chi connectivity index (χ3v) is 7.15. The highest BCUT2D eigenvalue weighted by Crippen LogP contribution is 2.32. The first kappa shape index (κ1) is 26.8. The van der Waals surface area contributed by atoms with Crippen molar-refractivity contribution in [1.82, 2.24) is 5.32 Å². The van der Waals surface area contributed by atoms with Gasteiger partial charge in [-0.1, -0.05) is 87.4 Å². The van der Waals surface area contributed by atoms with Gasteiger partial charge in [-0.05, 0) is 37.4 Å². The molecule has 1 aliphatic carbocycles. The summed E-state index contributed by atoms with van der Waals surface area (Å²) in [6, 6.07) is 20.4. The van der Waals surface area contributed by atoms with Crippen LogP contribution in [0.1, 0.15) is 57.6 Å². The van der Waals surface area contributed by atoms with Crippen LogP contribution in [0, 0.1) is 5.92 Å². The molecule has 1 fully saturated rings. The first-order chi connectivity index (χ1) is 16.4. The molecule has 1 saturated carbocycles. The molecule has 0 amide bonds. The van der Waals surface area contributed by atoms with Gasteiger partial charge in [-0.2, -0.15) is 0 Å². The van der Waals surface area contributed by atoms with Crippen molar-refractivity contribution in [1.29, 1.82) is 0 Å². The van der Waals surface area contributed by atoms with Crippen LogP contribution in [0.25, 0.3) is 0 Å². The maximum absolute atomic E-state index is 11.1. The van der Waals surface area contributed by atoms with Crippen LogP contribution in [0.5, 0.6) is 0 Å². The van der Waals surface area contributed by atoms with Crippen LogP contribution in [-0.2, 0) is 27.4 Å². The van der Waals surface area contributed by atoms with Gasteiger partial charge in [0.2, 0.25) is 0 Å². The van der Waals surface area contributed by atoms with E-state index in [1.807, 2.05) is 50.4 Å². The number of ether oxygens (including phenoxy) is 3. The minimum absolute atomic E-state index is 0.0220. The van der Waals surface area contributed by atoms with E-state index in [4.69, 9.17) is 14.2 Å². The Morgan fingerprint density at radius 2 is 1.50 bits per heavy atom. The molecule has 0 aliphatic heterocycles. The third kappa shape index (κ3) is 7.62. The first-order valence-corrected chi connectivity index (χ1v) is 12.8. The van der Waals surface area contributed by atoms with Crippen LogP contribution in [0.4, 0.5) is 0 Å². The Bertz CT molecular complexity index is 813. The molecular formula is C29H43NO4. The number of rotatable bonds is 14. The molecule has 0 heterocycles. The second-order valence-electron chi connectivity index (χ2n) is 9.90. The molecule has 0 bridgehead atoms. The fourth-order valence-corrected chi connectivity index (χ4v) is 4.63. The van der Waals surface area contributed by atoms with Crippen LogP contribution in [0.3, 0.4) is 0 Å². The van der Waals surface area contributed by atoms with E-state index in [9.17, 15) is 5.11 Å². The van der Waals surface area contributed by atoms with Crippen molar-refractivity contribution >= 4 is 0 Å². The van der Waals surface area contributed by atoms with Crippen molar-refractivity contribution in [2.45, 2.75) is 89.6 Å². The lowest BCUT2D eigenvalue weighted by Gasteiger charge is -2.34. The van der Waals surface area contributed by atoms with Gasteiger partial charge in [0.15, 0.2) is 0 Å². The van der Waals surface area contributed by atoms with E-state index in [1.165, 1.54) is 0 Å². The van der Waals surface area contributed by atoms with E-state index in [0.717, 1.165) is 36.8 Å². The zero-order valence-corrected chi connectivity index (χ0v) is 21.3. The van der Waals surface area contributed by atoms with Gasteiger partial charge in [0.05, 0.1) is 43.7 Å². The minimum atomic E-state index is -0.888. The normalized spacial score (nSPS) is 25.2. The molecule has 5 heteroatoms. The van der Waals surface area contributed by atoms with Gasteiger partial charge in [0.25, 0.3) is 0 Å². The Morgan fingerprint density at radius 1 is 0.941 bits per heavy atom. The second-order valence-corrected chi connectivity index (χ2v) is 9.90. The molecule has 6 atom stereocenters. The second kappa shape index (κ2) is 13.4. The van der Waals surface area contributed by atoms with Crippen LogP contribution in [0.2, 0.25) is 0 Å². The van der Waals surface area contributed by atoms with Crippen molar-refractivity contribution in [2.75, 3.05) is 13.7 Å². The SMILES string of the molecule is CCCCC(C)C(C)(O)CO[C@H]1[C@H](NC)[C@@H](OCc2ccccc2)C[C@H]1OCc1ccccc1. The predicted molar refractivity (Wildman–Crippen MR) is 137 cm³/mol.